The van der Waals surface area contributed by atoms with Gasteiger partial charge in [-0.25, -0.2) is 4.98 Å². The van der Waals surface area contributed by atoms with Crippen molar-refractivity contribution in [1.82, 2.24) is 24.5 Å². The molecule has 4 heterocycles. The smallest absolute Gasteiger partial charge is 0.274 e. The number of piperazine rings is 1. The van der Waals surface area contributed by atoms with Gasteiger partial charge in [0.1, 0.15) is 0 Å². The van der Waals surface area contributed by atoms with Crippen LogP contribution in [0.2, 0.25) is 0 Å². The molecule has 0 unspecified atom stereocenters. The number of fused-ring (bicyclic) bond motifs is 1. The van der Waals surface area contributed by atoms with Crippen LogP contribution in [-0.2, 0) is 6.54 Å². The molecule has 0 spiro atoms. The molecule has 1 saturated heterocycles. The maximum Gasteiger partial charge on any atom is 0.274 e. The third kappa shape index (κ3) is 4.05. The zero-order valence-electron chi connectivity index (χ0n) is 15.7. The molecule has 1 aliphatic rings. The predicted molar refractivity (Wildman–Crippen MR) is 118 cm³/mol. The van der Waals surface area contributed by atoms with Crippen LogP contribution in [0.25, 0.3) is 16.5 Å². The van der Waals surface area contributed by atoms with E-state index in [4.69, 9.17) is 0 Å². The van der Waals surface area contributed by atoms with E-state index in [0.29, 0.717) is 18.1 Å². The van der Waals surface area contributed by atoms with Crippen molar-refractivity contribution < 1.29 is 0 Å². The maximum absolute atomic E-state index is 12.5. The van der Waals surface area contributed by atoms with E-state index in [0.717, 1.165) is 36.8 Å². The monoisotopic (exact) mass is 428 g/mol. The van der Waals surface area contributed by atoms with Gasteiger partial charge in [-0.3, -0.25) is 14.8 Å². The van der Waals surface area contributed by atoms with Crippen molar-refractivity contribution in [2.75, 3.05) is 31.1 Å². The summed E-state index contributed by atoms with van der Waals surface area (Å²) >= 11 is 1.58. The first-order chi connectivity index (χ1) is 13.8. The third-order valence-corrected chi connectivity index (χ3v) is 5.89. The van der Waals surface area contributed by atoms with Crippen molar-refractivity contribution in [3.63, 3.8) is 0 Å². The third-order valence-electron chi connectivity index (χ3n) is 5.02. The van der Waals surface area contributed by atoms with Crippen molar-refractivity contribution in [3.8, 4) is 10.7 Å². The lowest BCUT2D eigenvalue weighted by molar-refractivity contribution is 0.247. The van der Waals surface area contributed by atoms with Crippen LogP contribution >= 0.6 is 23.7 Å². The molecular weight excluding hydrogens is 408 g/mol. The highest BCUT2D eigenvalue weighted by atomic mass is 35.5. The number of thiophene rings is 1. The summed E-state index contributed by atoms with van der Waals surface area (Å²) in [6.07, 6.45) is 0. The van der Waals surface area contributed by atoms with Gasteiger partial charge in [0.25, 0.3) is 11.3 Å². The summed E-state index contributed by atoms with van der Waals surface area (Å²) in [7, 11) is 0. The van der Waals surface area contributed by atoms with E-state index in [1.807, 2.05) is 23.6 Å². The minimum Gasteiger partial charge on any atom is -0.369 e. The van der Waals surface area contributed by atoms with E-state index in [1.165, 1.54) is 10.2 Å². The summed E-state index contributed by atoms with van der Waals surface area (Å²) in [6.45, 7) is 4.48. The van der Waals surface area contributed by atoms with Crippen LogP contribution in [0.1, 0.15) is 5.69 Å². The Morgan fingerprint density at radius 2 is 1.79 bits per heavy atom. The Kier molecular flexibility index (Phi) is 5.66. The maximum atomic E-state index is 12.5. The number of para-hydroxylation sites is 1. The number of hydrogen-bond donors (Lipinski definition) is 1. The van der Waals surface area contributed by atoms with Crippen molar-refractivity contribution in [2.24, 2.45) is 0 Å². The molecule has 5 rings (SSSR count). The van der Waals surface area contributed by atoms with Crippen LogP contribution in [0.5, 0.6) is 0 Å². The van der Waals surface area contributed by atoms with Gasteiger partial charge in [-0.15, -0.1) is 23.7 Å². The summed E-state index contributed by atoms with van der Waals surface area (Å²) in [4.78, 5) is 27.3. The van der Waals surface area contributed by atoms with E-state index in [-0.39, 0.29) is 18.0 Å². The molecular formula is C20H21ClN6OS. The second-order valence-electron chi connectivity index (χ2n) is 6.87. The molecule has 29 heavy (non-hydrogen) atoms. The van der Waals surface area contributed by atoms with Gasteiger partial charge in [-0.05, 0) is 23.6 Å². The van der Waals surface area contributed by atoms with E-state index < -0.39 is 0 Å². The van der Waals surface area contributed by atoms with Crippen LogP contribution in [0.4, 0.5) is 5.69 Å². The van der Waals surface area contributed by atoms with Gasteiger partial charge in [0.15, 0.2) is 5.82 Å². The predicted octanol–water partition coefficient (Wildman–Crippen LogP) is 2.89. The number of rotatable bonds is 4. The van der Waals surface area contributed by atoms with Gasteiger partial charge >= 0.3 is 0 Å². The number of nitrogens with one attached hydrogen (secondary N) is 1. The first-order valence-electron chi connectivity index (χ1n) is 9.31. The number of aromatic nitrogens is 4. The lowest BCUT2D eigenvalue weighted by atomic mass is 10.2. The van der Waals surface area contributed by atoms with Gasteiger partial charge in [0, 0.05) is 44.5 Å². The molecule has 1 N–H and O–H groups in total. The van der Waals surface area contributed by atoms with Gasteiger partial charge in [-0.2, -0.15) is 9.50 Å². The van der Waals surface area contributed by atoms with Crippen molar-refractivity contribution in [3.05, 3.63) is 70.0 Å². The standard InChI is InChI=1S/C20H20N6OS.ClH/c27-18-13-15(21-20-22-19(23-26(18)20)17-7-4-12-28-17)14-24-8-10-25(11-9-24)16-5-2-1-3-6-16;/h1-7,12-13H,8-11,14H2,(H,21,22,23);1H. The number of benzene rings is 1. The number of H-pyrrole nitrogens is 1. The fourth-order valence-electron chi connectivity index (χ4n) is 3.56. The summed E-state index contributed by atoms with van der Waals surface area (Å²) in [5.74, 6) is 1.10. The summed E-state index contributed by atoms with van der Waals surface area (Å²) < 4.78 is 1.41. The van der Waals surface area contributed by atoms with Gasteiger partial charge in [0.2, 0.25) is 0 Å². The molecule has 0 aliphatic carbocycles. The second kappa shape index (κ2) is 8.36. The molecule has 0 radical (unpaired) electrons. The second-order valence-corrected chi connectivity index (χ2v) is 7.82. The van der Waals surface area contributed by atoms with E-state index >= 15 is 0 Å². The average molecular weight is 429 g/mol. The number of aromatic amines is 1. The zero-order chi connectivity index (χ0) is 18.9. The average Bonchev–Trinajstić information content (AvgIpc) is 3.39. The van der Waals surface area contributed by atoms with Crippen LogP contribution in [0.3, 0.4) is 0 Å². The Morgan fingerprint density at radius 1 is 1.00 bits per heavy atom. The van der Waals surface area contributed by atoms with Crippen LogP contribution in [-0.4, -0.2) is 50.7 Å². The lowest BCUT2D eigenvalue weighted by Gasteiger charge is -2.35. The molecule has 7 nitrogen and oxygen atoms in total. The highest BCUT2D eigenvalue weighted by molar-refractivity contribution is 7.13. The number of anilines is 1. The van der Waals surface area contributed by atoms with Gasteiger partial charge in [0.05, 0.1) is 10.6 Å². The Bertz CT molecular complexity index is 1130. The molecule has 1 aromatic carbocycles. The normalized spacial score (nSPS) is 14.8. The Balaban J connectivity index is 0.00000205. The number of nitrogens with zero attached hydrogens (tertiary/aromatic N) is 5. The fraction of sp³-hybridized carbons (Fsp3) is 0.250. The van der Waals surface area contributed by atoms with E-state index in [9.17, 15) is 4.79 Å². The molecule has 0 bridgehead atoms. The fourth-order valence-corrected chi connectivity index (χ4v) is 4.23. The Morgan fingerprint density at radius 3 is 2.52 bits per heavy atom. The van der Waals surface area contributed by atoms with Crippen LogP contribution in [0, 0.1) is 0 Å². The molecule has 0 amide bonds. The summed E-state index contributed by atoms with van der Waals surface area (Å²) in [6, 6.07) is 16.0. The topological polar surface area (TPSA) is 69.5 Å². The quantitative estimate of drug-likeness (QED) is 0.541. The van der Waals surface area contributed by atoms with Crippen LogP contribution in [0.15, 0.2) is 58.7 Å². The lowest BCUT2D eigenvalue weighted by Crippen LogP contribution is -2.46. The minimum atomic E-state index is -0.127. The zero-order valence-corrected chi connectivity index (χ0v) is 17.3. The van der Waals surface area contributed by atoms with Crippen molar-refractivity contribution >= 4 is 35.2 Å². The van der Waals surface area contributed by atoms with Gasteiger partial charge < -0.3 is 4.90 Å². The number of hydrogen-bond acceptors (Lipinski definition) is 6. The molecule has 0 saturated carbocycles. The number of halogens is 1. The SMILES string of the molecule is Cl.O=c1cc(CN2CCN(c3ccccc3)CC2)nc2nc(-c3cccs3)[nH]n12. The highest BCUT2D eigenvalue weighted by Crippen LogP contribution is 2.21. The summed E-state index contributed by atoms with van der Waals surface area (Å²) in [5.41, 5.74) is 1.90. The molecule has 1 fully saturated rings. The molecule has 3 aromatic heterocycles. The first-order valence-corrected chi connectivity index (χ1v) is 10.2. The van der Waals surface area contributed by atoms with Gasteiger partial charge in [-0.1, -0.05) is 24.3 Å². The van der Waals surface area contributed by atoms with Crippen LogP contribution < -0.4 is 10.5 Å². The Hall–Kier alpha value is -2.68. The molecule has 9 heteroatoms. The van der Waals surface area contributed by atoms with Crippen molar-refractivity contribution in [2.45, 2.75) is 6.54 Å². The minimum absolute atomic E-state index is 0. The highest BCUT2D eigenvalue weighted by Gasteiger charge is 2.18. The molecule has 150 valence electrons. The molecule has 0 atom stereocenters. The molecule has 1 aliphatic heterocycles. The van der Waals surface area contributed by atoms with Crippen molar-refractivity contribution in [1.29, 1.82) is 0 Å². The largest absolute Gasteiger partial charge is 0.369 e. The summed E-state index contributed by atoms with van der Waals surface area (Å²) in [5, 5.41) is 5.03. The van der Waals surface area contributed by atoms with E-state index in [2.05, 4.69) is 49.1 Å². The Labute approximate surface area is 178 Å². The molecule has 4 aromatic rings. The van der Waals surface area contributed by atoms with E-state index in [1.54, 1.807) is 17.4 Å². The first kappa shape index (κ1) is 19.6.